The van der Waals surface area contributed by atoms with E-state index in [4.69, 9.17) is 11.1 Å². The molecule has 0 spiro atoms. The van der Waals surface area contributed by atoms with Crippen molar-refractivity contribution < 1.29 is 0 Å². The third-order valence-electron chi connectivity index (χ3n) is 1.74. The average Bonchev–Trinajstić information content (AvgIpc) is 1.62. The van der Waals surface area contributed by atoms with Crippen LogP contribution in [0.3, 0.4) is 0 Å². The van der Waals surface area contributed by atoms with Crippen LogP contribution in [-0.4, -0.2) is 5.84 Å². The highest BCUT2D eigenvalue weighted by Gasteiger charge is 2.30. The topological polar surface area (TPSA) is 49.9 Å². The summed E-state index contributed by atoms with van der Waals surface area (Å²) < 4.78 is 0. The molecule has 0 unspecified atom stereocenters. The Bertz CT molecular complexity index is 181. The zero-order valence-corrected chi connectivity index (χ0v) is 5.22. The smallest absolute Gasteiger partial charge is 0.105 e. The van der Waals surface area contributed by atoms with Crippen molar-refractivity contribution in [1.82, 2.24) is 0 Å². The van der Waals surface area contributed by atoms with Gasteiger partial charge in [0.25, 0.3) is 0 Å². The van der Waals surface area contributed by atoms with Gasteiger partial charge in [-0.15, -0.1) is 6.58 Å². The minimum atomic E-state index is -0.292. The van der Waals surface area contributed by atoms with Gasteiger partial charge in [0.15, 0.2) is 0 Å². The molecule has 2 nitrogen and oxygen atoms in total. The predicted molar refractivity (Wildman–Crippen MR) is 38.3 cm³/mol. The quantitative estimate of drug-likeness (QED) is 0.321. The van der Waals surface area contributed by atoms with Crippen LogP contribution in [0.25, 0.3) is 0 Å². The lowest BCUT2D eigenvalue weighted by Gasteiger charge is -2.30. The molecule has 0 aromatic heterocycles. The van der Waals surface area contributed by atoms with E-state index in [9.17, 15) is 0 Å². The molecule has 0 saturated carbocycles. The summed E-state index contributed by atoms with van der Waals surface area (Å²) in [6.45, 7) is 3.60. The fraction of sp³-hybridized carbons (Fsp3) is 0.286. The highest BCUT2D eigenvalue weighted by atomic mass is 14.7. The first-order valence-electron chi connectivity index (χ1n) is 2.87. The van der Waals surface area contributed by atoms with Crippen LogP contribution in [0.4, 0.5) is 0 Å². The van der Waals surface area contributed by atoms with E-state index in [1.54, 1.807) is 6.08 Å². The maximum Gasteiger partial charge on any atom is 0.105 e. The summed E-state index contributed by atoms with van der Waals surface area (Å²) in [5, 5.41) is 7.15. The highest BCUT2D eigenvalue weighted by molar-refractivity contribution is 5.89. The molecular weight excluding hydrogens is 112 g/mol. The van der Waals surface area contributed by atoms with Crippen molar-refractivity contribution in [1.29, 1.82) is 5.41 Å². The van der Waals surface area contributed by atoms with Crippen LogP contribution in [0.2, 0.25) is 0 Å². The molecule has 1 atom stereocenters. The van der Waals surface area contributed by atoms with Gasteiger partial charge in [-0.3, -0.25) is 5.41 Å². The number of hydrogen-bond donors (Lipinski definition) is 2. The molecule has 0 aromatic rings. The average molecular weight is 122 g/mol. The van der Waals surface area contributed by atoms with Crippen molar-refractivity contribution in [2.45, 2.75) is 6.42 Å². The normalized spacial score (nSPS) is 31.1. The van der Waals surface area contributed by atoms with E-state index in [2.05, 4.69) is 6.58 Å². The van der Waals surface area contributed by atoms with Gasteiger partial charge in [-0.1, -0.05) is 18.2 Å². The molecule has 1 aliphatic rings. The molecule has 0 aliphatic heterocycles. The number of rotatable bonds is 2. The van der Waals surface area contributed by atoms with Crippen molar-refractivity contribution in [2.24, 2.45) is 11.1 Å². The van der Waals surface area contributed by atoms with Crippen LogP contribution in [0.5, 0.6) is 0 Å². The summed E-state index contributed by atoms with van der Waals surface area (Å²) in [6.07, 6.45) is 6.45. The molecule has 2 heteroatoms. The number of amidine groups is 1. The molecular formula is C7H10N2. The number of hydrogen-bond acceptors (Lipinski definition) is 1. The van der Waals surface area contributed by atoms with Crippen molar-refractivity contribution >= 4 is 5.84 Å². The third kappa shape index (κ3) is 0.669. The van der Waals surface area contributed by atoms with Gasteiger partial charge in [0.05, 0.1) is 5.41 Å². The van der Waals surface area contributed by atoms with Gasteiger partial charge >= 0.3 is 0 Å². The van der Waals surface area contributed by atoms with Gasteiger partial charge < -0.3 is 5.73 Å². The van der Waals surface area contributed by atoms with E-state index in [0.29, 0.717) is 0 Å². The molecule has 0 saturated heterocycles. The summed E-state index contributed by atoms with van der Waals surface area (Å²) in [5.74, 6) is 0.194. The molecule has 3 N–H and O–H groups in total. The second-order valence-corrected chi connectivity index (χ2v) is 2.26. The Kier molecular flexibility index (Phi) is 1.16. The fourth-order valence-electron chi connectivity index (χ4n) is 0.833. The molecule has 0 heterocycles. The molecule has 0 bridgehead atoms. The van der Waals surface area contributed by atoms with Gasteiger partial charge in [0.2, 0.25) is 0 Å². The highest BCUT2D eigenvalue weighted by Crippen LogP contribution is 2.33. The first kappa shape index (κ1) is 6.08. The SMILES string of the molecule is C=C[C@@]1(C(=N)N)C=CC1. The van der Waals surface area contributed by atoms with E-state index in [0.717, 1.165) is 6.42 Å². The Morgan fingerprint density at radius 2 is 2.44 bits per heavy atom. The van der Waals surface area contributed by atoms with Gasteiger partial charge in [-0.25, -0.2) is 0 Å². The summed E-state index contributed by atoms with van der Waals surface area (Å²) >= 11 is 0. The molecule has 0 fully saturated rings. The van der Waals surface area contributed by atoms with E-state index >= 15 is 0 Å². The van der Waals surface area contributed by atoms with Gasteiger partial charge in [0.1, 0.15) is 5.84 Å². The largest absolute Gasteiger partial charge is 0.387 e. The Balaban J connectivity index is 2.82. The second kappa shape index (κ2) is 1.72. The first-order valence-corrected chi connectivity index (χ1v) is 2.87. The molecule has 1 aliphatic carbocycles. The van der Waals surface area contributed by atoms with Crippen molar-refractivity contribution in [3.8, 4) is 0 Å². The number of nitrogens with two attached hydrogens (primary N) is 1. The standard InChI is InChI=1S/C7H10N2/c1-2-7(6(8)9)4-3-5-7/h2-4H,1,5H2,(H3,8,9)/t7-/m1/s1. The third-order valence-corrected chi connectivity index (χ3v) is 1.74. The second-order valence-electron chi connectivity index (χ2n) is 2.26. The molecule has 9 heavy (non-hydrogen) atoms. The van der Waals surface area contributed by atoms with Crippen LogP contribution >= 0.6 is 0 Å². The van der Waals surface area contributed by atoms with Crippen molar-refractivity contribution in [2.75, 3.05) is 0 Å². The Morgan fingerprint density at radius 3 is 2.44 bits per heavy atom. The molecule has 48 valence electrons. The van der Waals surface area contributed by atoms with E-state index < -0.39 is 0 Å². The van der Waals surface area contributed by atoms with E-state index in [1.807, 2.05) is 12.2 Å². The predicted octanol–water partition coefficient (Wildman–Crippen LogP) is 1.05. The lowest BCUT2D eigenvalue weighted by molar-refractivity contribution is 0.619. The minimum Gasteiger partial charge on any atom is -0.387 e. The van der Waals surface area contributed by atoms with E-state index in [1.165, 1.54) is 0 Å². The van der Waals surface area contributed by atoms with Crippen molar-refractivity contribution in [3.63, 3.8) is 0 Å². The van der Waals surface area contributed by atoms with E-state index in [-0.39, 0.29) is 11.3 Å². The first-order chi connectivity index (χ1) is 4.21. The Hall–Kier alpha value is -1.05. The van der Waals surface area contributed by atoms with Crippen LogP contribution in [0.1, 0.15) is 6.42 Å². The van der Waals surface area contributed by atoms with Crippen LogP contribution in [-0.2, 0) is 0 Å². The monoisotopic (exact) mass is 122 g/mol. The summed E-state index contributed by atoms with van der Waals surface area (Å²) in [6, 6.07) is 0. The number of nitrogens with one attached hydrogen (secondary N) is 1. The lowest BCUT2D eigenvalue weighted by atomic mass is 9.75. The fourth-order valence-corrected chi connectivity index (χ4v) is 0.833. The van der Waals surface area contributed by atoms with Crippen molar-refractivity contribution in [3.05, 3.63) is 24.8 Å². The van der Waals surface area contributed by atoms with Crippen LogP contribution in [0, 0.1) is 10.8 Å². The van der Waals surface area contributed by atoms with Gasteiger partial charge in [0, 0.05) is 0 Å². The lowest BCUT2D eigenvalue weighted by Crippen LogP contribution is -2.36. The minimum absolute atomic E-state index is 0.194. The van der Waals surface area contributed by atoms with Crippen LogP contribution in [0.15, 0.2) is 24.8 Å². The molecule has 1 rings (SSSR count). The zero-order chi connectivity index (χ0) is 6.91. The van der Waals surface area contributed by atoms with Crippen LogP contribution < -0.4 is 5.73 Å². The molecule has 0 amide bonds. The maximum atomic E-state index is 7.15. The number of allylic oxidation sites excluding steroid dienone is 1. The molecule has 0 aromatic carbocycles. The summed E-state index contributed by atoms with van der Waals surface area (Å²) in [4.78, 5) is 0. The summed E-state index contributed by atoms with van der Waals surface area (Å²) in [5.41, 5.74) is 5.01. The zero-order valence-electron chi connectivity index (χ0n) is 5.22. The Morgan fingerprint density at radius 1 is 1.89 bits per heavy atom. The van der Waals surface area contributed by atoms with Gasteiger partial charge in [-0.2, -0.15) is 0 Å². The summed E-state index contributed by atoms with van der Waals surface area (Å²) in [7, 11) is 0. The maximum absolute atomic E-state index is 7.15. The van der Waals surface area contributed by atoms with Gasteiger partial charge in [-0.05, 0) is 6.42 Å². The molecule has 0 radical (unpaired) electrons. The Labute approximate surface area is 54.6 Å².